The van der Waals surface area contributed by atoms with Gasteiger partial charge in [0.25, 0.3) is 5.69 Å². The first-order valence-electron chi connectivity index (χ1n) is 5.98. The van der Waals surface area contributed by atoms with Crippen molar-refractivity contribution in [3.05, 3.63) is 28.3 Å². The number of non-ortho nitro benzene ring substituents is 1. The van der Waals surface area contributed by atoms with E-state index >= 15 is 0 Å². The molecule has 1 aliphatic rings. The maximum Gasteiger partial charge on any atom is 0.271 e. The van der Waals surface area contributed by atoms with Crippen molar-refractivity contribution in [2.24, 2.45) is 11.8 Å². The van der Waals surface area contributed by atoms with Crippen LogP contribution in [-0.2, 0) is 4.79 Å². The van der Waals surface area contributed by atoms with E-state index in [0.29, 0.717) is 0 Å². The van der Waals surface area contributed by atoms with E-state index in [1.807, 2.05) is 0 Å². The number of phenols is 1. The van der Waals surface area contributed by atoms with Crippen LogP contribution in [0.1, 0.15) is 6.92 Å². The van der Waals surface area contributed by atoms with E-state index < -0.39 is 4.92 Å². The van der Waals surface area contributed by atoms with E-state index in [0.717, 1.165) is 19.2 Å². The number of nitro groups is 1. The van der Waals surface area contributed by atoms with E-state index in [9.17, 15) is 20.0 Å². The van der Waals surface area contributed by atoms with Gasteiger partial charge in [0, 0.05) is 18.1 Å². The molecular formula is C12H16ClN3O4. The summed E-state index contributed by atoms with van der Waals surface area (Å²) >= 11 is 0. The number of halogens is 1. The average Bonchev–Trinajstić information content (AvgIpc) is 2.29. The molecule has 2 rings (SSSR count). The molecule has 1 atom stereocenters. The highest BCUT2D eigenvalue weighted by Crippen LogP contribution is 2.29. The van der Waals surface area contributed by atoms with Gasteiger partial charge in [-0.2, -0.15) is 0 Å². The van der Waals surface area contributed by atoms with Crippen LogP contribution >= 0.6 is 12.4 Å². The zero-order chi connectivity index (χ0) is 14.0. The topological polar surface area (TPSA) is 104 Å². The quantitative estimate of drug-likeness (QED) is 0.444. The number of carbonyl (C=O) groups is 1. The predicted octanol–water partition coefficient (Wildman–Crippen LogP) is 1.52. The van der Waals surface area contributed by atoms with Crippen LogP contribution in [0.25, 0.3) is 0 Å². The van der Waals surface area contributed by atoms with E-state index in [1.54, 1.807) is 6.92 Å². The molecule has 0 radical (unpaired) electrons. The maximum absolute atomic E-state index is 12.0. The predicted molar refractivity (Wildman–Crippen MR) is 76.2 cm³/mol. The Bertz CT molecular complexity index is 519. The Kier molecular flexibility index (Phi) is 5.29. The van der Waals surface area contributed by atoms with Crippen LogP contribution in [0.5, 0.6) is 5.75 Å². The lowest BCUT2D eigenvalue weighted by molar-refractivity contribution is -0.384. The molecule has 20 heavy (non-hydrogen) atoms. The summed E-state index contributed by atoms with van der Waals surface area (Å²) in [6.07, 6.45) is 0. The Morgan fingerprint density at radius 3 is 2.70 bits per heavy atom. The number of phenolic OH excluding ortho intramolecular Hbond substituents is 1. The third-order valence-corrected chi connectivity index (χ3v) is 3.38. The maximum atomic E-state index is 12.0. The van der Waals surface area contributed by atoms with Gasteiger partial charge in [-0.25, -0.2) is 0 Å². The van der Waals surface area contributed by atoms with Gasteiger partial charge in [-0.3, -0.25) is 14.9 Å². The van der Waals surface area contributed by atoms with Crippen molar-refractivity contribution in [2.75, 3.05) is 18.4 Å². The Morgan fingerprint density at radius 1 is 1.55 bits per heavy atom. The Morgan fingerprint density at radius 2 is 2.20 bits per heavy atom. The van der Waals surface area contributed by atoms with Crippen LogP contribution in [0.2, 0.25) is 0 Å². The monoisotopic (exact) mass is 301 g/mol. The van der Waals surface area contributed by atoms with Crippen molar-refractivity contribution < 1.29 is 14.8 Å². The molecule has 0 spiro atoms. The molecule has 1 heterocycles. The van der Waals surface area contributed by atoms with Gasteiger partial charge in [-0.1, -0.05) is 6.92 Å². The van der Waals surface area contributed by atoms with Crippen molar-refractivity contribution in [3.63, 3.8) is 0 Å². The number of nitro benzene ring substituents is 1. The van der Waals surface area contributed by atoms with Gasteiger partial charge in [0.2, 0.25) is 5.91 Å². The third-order valence-electron chi connectivity index (χ3n) is 3.38. The number of rotatable bonds is 4. The molecule has 3 N–H and O–H groups in total. The number of hydrogen-bond donors (Lipinski definition) is 3. The molecule has 0 bridgehead atoms. The van der Waals surface area contributed by atoms with E-state index in [1.165, 1.54) is 12.1 Å². The van der Waals surface area contributed by atoms with Crippen molar-refractivity contribution in [2.45, 2.75) is 6.92 Å². The Hall–Kier alpha value is -1.86. The van der Waals surface area contributed by atoms with Crippen LogP contribution in [0.4, 0.5) is 11.4 Å². The van der Waals surface area contributed by atoms with Crippen LogP contribution in [0, 0.1) is 22.0 Å². The standard InChI is InChI=1S/C12H15N3O4.ClH/c1-7(8-5-13-6-8)12(17)14-10-4-9(15(18)19)2-3-11(10)16;/h2-4,7-8,13,16H,5-6H2,1H3,(H,14,17);1H. The molecule has 0 saturated carbocycles. The summed E-state index contributed by atoms with van der Waals surface area (Å²) in [5.41, 5.74) is -0.107. The Labute approximate surface area is 121 Å². The molecule has 1 saturated heterocycles. The molecule has 1 fully saturated rings. The fourth-order valence-electron chi connectivity index (χ4n) is 1.86. The molecule has 7 nitrogen and oxygen atoms in total. The second kappa shape index (κ2) is 6.53. The number of nitrogens with zero attached hydrogens (tertiary/aromatic N) is 1. The lowest BCUT2D eigenvalue weighted by Crippen LogP contribution is -2.48. The molecule has 1 amide bonds. The molecule has 1 unspecified atom stereocenters. The van der Waals surface area contributed by atoms with Gasteiger partial charge in [-0.05, 0) is 25.1 Å². The van der Waals surface area contributed by atoms with Gasteiger partial charge < -0.3 is 15.7 Å². The molecule has 0 aliphatic carbocycles. The Balaban J connectivity index is 0.00000200. The minimum atomic E-state index is -0.575. The molecule has 1 aromatic carbocycles. The number of amides is 1. The van der Waals surface area contributed by atoms with Gasteiger partial charge in [-0.15, -0.1) is 12.4 Å². The first-order valence-corrected chi connectivity index (χ1v) is 5.98. The summed E-state index contributed by atoms with van der Waals surface area (Å²) in [6.45, 7) is 3.38. The summed E-state index contributed by atoms with van der Waals surface area (Å²) in [5, 5.41) is 25.9. The zero-order valence-corrected chi connectivity index (χ0v) is 11.6. The molecular weight excluding hydrogens is 286 g/mol. The van der Waals surface area contributed by atoms with E-state index in [-0.39, 0.29) is 47.3 Å². The number of nitrogens with one attached hydrogen (secondary N) is 2. The van der Waals surface area contributed by atoms with E-state index in [4.69, 9.17) is 0 Å². The first-order chi connectivity index (χ1) is 8.99. The van der Waals surface area contributed by atoms with Crippen LogP contribution in [0.3, 0.4) is 0 Å². The lowest BCUT2D eigenvalue weighted by Gasteiger charge is -2.31. The SMILES string of the molecule is CC(C(=O)Nc1cc([N+](=O)[O-])ccc1O)C1CNC1.Cl. The van der Waals surface area contributed by atoms with Crippen molar-refractivity contribution in [1.82, 2.24) is 5.32 Å². The fourth-order valence-corrected chi connectivity index (χ4v) is 1.86. The van der Waals surface area contributed by atoms with Crippen LogP contribution in [-0.4, -0.2) is 29.0 Å². The highest BCUT2D eigenvalue weighted by molar-refractivity contribution is 5.94. The van der Waals surface area contributed by atoms with Crippen molar-refractivity contribution in [3.8, 4) is 5.75 Å². The number of benzene rings is 1. The third kappa shape index (κ3) is 3.37. The van der Waals surface area contributed by atoms with Crippen LogP contribution in [0.15, 0.2) is 18.2 Å². The smallest absolute Gasteiger partial charge is 0.271 e. The van der Waals surface area contributed by atoms with Gasteiger partial charge in [0.1, 0.15) is 5.75 Å². The van der Waals surface area contributed by atoms with Crippen molar-refractivity contribution >= 4 is 29.7 Å². The summed E-state index contributed by atoms with van der Waals surface area (Å²) < 4.78 is 0. The second-order valence-corrected chi connectivity index (χ2v) is 4.65. The second-order valence-electron chi connectivity index (χ2n) is 4.65. The minimum absolute atomic E-state index is 0. The van der Waals surface area contributed by atoms with Gasteiger partial charge >= 0.3 is 0 Å². The highest BCUT2D eigenvalue weighted by atomic mass is 35.5. The summed E-state index contributed by atoms with van der Waals surface area (Å²) in [4.78, 5) is 22.0. The first kappa shape index (κ1) is 16.2. The summed E-state index contributed by atoms with van der Waals surface area (Å²) in [6, 6.07) is 3.53. The average molecular weight is 302 g/mol. The van der Waals surface area contributed by atoms with Crippen molar-refractivity contribution in [1.29, 1.82) is 0 Å². The fraction of sp³-hybridized carbons (Fsp3) is 0.417. The molecule has 1 aliphatic heterocycles. The van der Waals surface area contributed by atoms with E-state index in [2.05, 4.69) is 10.6 Å². The van der Waals surface area contributed by atoms with Gasteiger partial charge in [0.15, 0.2) is 0 Å². The summed E-state index contributed by atoms with van der Waals surface area (Å²) in [5.74, 6) is -0.374. The number of aromatic hydroxyl groups is 1. The van der Waals surface area contributed by atoms with Gasteiger partial charge in [0.05, 0.1) is 10.6 Å². The number of hydrogen-bond acceptors (Lipinski definition) is 5. The number of carbonyl (C=O) groups excluding carboxylic acids is 1. The molecule has 110 valence electrons. The largest absolute Gasteiger partial charge is 0.506 e. The number of anilines is 1. The molecule has 0 aromatic heterocycles. The zero-order valence-electron chi connectivity index (χ0n) is 10.8. The van der Waals surface area contributed by atoms with Crippen LogP contribution < -0.4 is 10.6 Å². The minimum Gasteiger partial charge on any atom is -0.506 e. The normalized spacial score (nSPS) is 15.7. The summed E-state index contributed by atoms with van der Waals surface area (Å²) in [7, 11) is 0. The highest BCUT2D eigenvalue weighted by Gasteiger charge is 2.29. The molecule has 1 aromatic rings. The lowest BCUT2D eigenvalue weighted by atomic mass is 9.88. The molecule has 8 heteroatoms.